The maximum atomic E-state index is 13.1. The number of nitrogens with one attached hydrogen (secondary N) is 1. The average molecular weight is 352 g/mol. The van der Waals surface area contributed by atoms with Crippen LogP contribution in [-0.4, -0.2) is 17.6 Å². The van der Waals surface area contributed by atoms with E-state index in [1.54, 1.807) is 24.3 Å². The van der Waals surface area contributed by atoms with E-state index in [9.17, 15) is 9.18 Å². The van der Waals surface area contributed by atoms with E-state index >= 15 is 0 Å². The number of amides is 1. The maximum Gasteiger partial charge on any atom is 0.251 e. The predicted octanol–water partition coefficient (Wildman–Crippen LogP) is 3.65. The van der Waals surface area contributed by atoms with Crippen LogP contribution in [0.5, 0.6) is 5.75 Å². The van der Waals surface area contributed by atoms with Gasteiger partial charge in [0.15, 0.2) is 0 Å². The summed E-state index contributed by atoms with van der Waals surface area (Å²) in [6, 6.07) is 11.6. The van der Waals surface area contributed by atoms with Gasteiger partial charge in [-0.1, -0.05) is 5.16 Å². The second kappa shape index (κ2) is 6.63. The summed E-state index contributed by atoms with van der Waals surface area (Å²) >= 11 is 0. The molecule has 132 valence electrons. The Balaban J connectivity index is 1.56. The summed E-state index contributed by atoms with van der Waals surface area (Å²) in [6.07, 6.45) is 0.783. The van der Waals surface area contributed by atoms with E-state index in [4.69, 9.17) is 9.26 Å². The van der Waals surface area contributed by atoms with Crippen molar-refractivity contribution in [3.05, 3.63) is 70.7 Å². The first kappa shape index (κ1) is 16.3. The van der Waals surface area contributed by atoms with Crippen LogP contribution in [0.25, 0.3) is 11.3 Å². The smallest absolute Gasteiger partial charge is 0.251 e. The van der Waals surface area contributed by atoms with Crippen molar-refractivity contribution in [2.24, 2.45) is 0 Å². The Morgan fingerprint density at radius 1 is 1.23 bits per heavy atom. The molecule has 3 aromatic rings. The van der Waals surface area contributed by atoms with Gasteiger partial charge in [0.2, 0.25) is 0 Å². The minimum atomic E-state index is -0.301. The van der Waals surface area contributed by atoms with E-state index in [1.165, 1.54) is 12.1 Å². The molecular formula is C20H17FN2O3. The molecule has 1 amide bonds. The molecule has 0 saturated heterocycles. The normalized spacial score (nSPS) is 13.2. The Hall–Kier alpha value is -3.15. The molecule has 1 aliphatic heterocycles. The molecule has 0 saturated carbocycles. The molecule has 0 atom stereocenters. The Morgan fingerprint density at radius 3 is 2.85 bits per heavy atom. The number of carbonyl (C=O) groups is 1. The number of hydrogen-bond donors (Lipinski definition) is 1. The molecule has 5 nitrogen and oxygen atoms in total. The number of hydrogen-bond acceptors (Lipinski definition) is 4. The molecule has 0 fully saturated rings. The summed E-state index contributed by atoms with van der Waals surface area (Å²) < 4.78 is 24.4. The summed E-state index contributed by atoms with van der Waals surface area (Å²) in [6.45, 7) is 2.72. The van der Waals surface area contributed by atoms with Crippen molar-refractivity contribution in [1.29, 1.82) is 0 Å². The van der Waals surface area contributed by atoms with Gasteiger partial charge in [-0.25, -0.2) is 4.39 Å². The first-order chi connectivity index (χ1) is 12.6. The molecule has 1 aliphatic rings. The third-order valence-corrected chi connectivity index (χ3v) is 4.49. The maximum absolute atomic E-state index is 13.1. The van der Waals surface area contributed by atoms with Crippen molar-refractivity contribution < 1.29 is 18.4 Å². The zero-order valence-electron chi connectivity index (χ0n) is 14.2. The topological polar surface area (TPSA) is 64.4 Å². The standard InChI is InChI=1S/C20H17FN2O3/c1-12-18(19(23-26-12)13-2-4-15(21)5-3-13)11-25-16-6-7-17-14(10-16)8-9-22-20(17)24/h2-7,10H,8-9,11H2,1H3,(H,22,24). The van der Waals surface area contributed by atoms with E-state index in [2.05, 4.69) is 10.5 Å². The first-order valence-electron chi connectivity index (χ1n) is 8.37. The van der Waals surface area contributed by atoms with Crippen LogP contribution in [-0.2, 0) is 13.0 Å². The van der Waals surface area contributed by atoms with Crippen LogP contribution >= 0.6 is 0 Å². The number of rotatable bonds is 4. The molecule has 4 rings (SSSR count). The van der Waals surface area contributed by atoms with E-state index in [-0.39, 0.29) is 18.3 Å². The first-order valence-corrected chi connectivity index (χ1v) is 8.37. The SMILES string of the molecule is Cc1onc(-c2ccc(F)cc2)c1COc1ccc2c(c1)CCNC2=O. The zero-order chi connectivity index (χ0) is 18.1. The highest BCUT2D eigenvalue weighted by Gasteiger charge is 2.18. The number of ether oxygens (including phenoxy) is 1. The van der Waals surface area contributed by atoms with Crippen molar-refractivity contribution in [3.63, 3.8) is 0 Å². The van der Waals surface area contributed by atoms with Crippen LogP contribution in [0, 0.1) is 12.7 Å². The van der Waals surface area contributed by atoms with Crippen molar-refractivity contribution in [2.75, 3.05) is 6.54 Å². The van der Waals surface area contributed by atoms with Gasteiger partial charge in [-0.05, 0) is 61.4 Å². The van der Waals surface area contributed by atoms with Crippen LogP contribution < -0.4 is 10.1 Å². The number of halogens is 1. The lowest BCUT2D eigenvalue weighted by Gasteiger charge is -2.17. The lowest BCUT2D eigenvalue weighted by Crippen LogP contribution is -2.31. The number of aromatic nitrogens is 1. The van der Waals surface area contributed by atoms with Crippen molar-refractivity contribution >= 4 is 5.91 Å². The van der Waals surface area contributed by atoms with Crippen LogP contribution in [0.2, 0.25) is 0 Å². The summed E-state index contributed by atoms with van der Waals surface area (Å²) in [5, 5.41) is 6.90. The molecule has 0 bridgehead atoms. The third-order valence-electron chi connectivity index (χ3n) is 4.49. The van der Waals surface area contributed by atoms with Crippen molar-refractivity contribution in [2.45, 2.75) is 20.0 Å². The van der Waals surface area contributed by atoms with Gasteiger partial charge in [0.1, 0.15) is 29.6 Å². The highest BCUT2D eigenvalue weighted by Crippen LogP contribution is 2.28. The molecule has 2 aromatic carbocycles. The second-order valence-corrected chi connectivity index (χ2v) is 6.19. The number of nitrogens with zero attached hydrogens (tertiary/aromatic N) is 1. The molecule has 0 radical (unpaired) electrons. The molecule has 2 heterocycles. The summed E-state index contributed by atoms with van der Waals surface area (Å²) in [5.41, 5.74) is 3.89. The molecular weight excluding hydrogens is 335 g/mol. The summed E-state index contributed by atoms with van der Waals surface area (Å²) in [5.74, 6) is 0.988. The van der Waals surface area contributed by atoms with Crippen molar-refractivity contribution in [1.82, 2.24) is 10.5 Å². The number of aryl methyl sites for hydroxylation is 1. The fourth-order valence-electron chi connectivity index (χ4n) is 3.05. The number of carbonyl (C=O) groups excluding carboxylic acids is 1. The zero-order valence-corrected chi connectivity index (χ0v) is 14.2. The summed E-state index contributed by atoms with van der Waals surface area (Å²) in [4.78, 5) is 11.8. The minimum absolute atomic E-state index is 0.0497. The predicted molar refractivity (Wildman–Crippen MR) is 93.4 cm³/mol. The van der Waals surface area contributed by atoms with Gasteiger partial charge >= 0.3 is 0 Å². The monoisotopic (exact) mass is 352 g/mol. The molecule has 0 unspecified atom stereocenters. The van der Waals surface area contributed by atoms with Crippen LogP contribution in [0.15, 0.2) is 47.0 Å². The number of benzene rings is 2. The highest BCUT2D eigenvalue weighted by atomic mass is 19.1. The van der Waals surface area contributed by atoms with E-state index in [0.717, 1.165) is 23.1 Å². The minimum Gasteiger partial charge on any atom is -0.489 e. The van der Waals surface area contributed by atoms with Gasteiger partial charge in [-0.3, -0.25) is 4.79 Å². The third kappa shape index (κ3) is 3.06. The van der Waals surface area contributed by atoms with E-state index < -0.39 is 0 Å². The Labute approximate surface area is 149 Å². The largest absolute Gasteiger partial charge is 0.489 e. The van der Waals surface area contributed by atoms with Gasteiger partial charge in [0.05, 0.1) is 5.56 Å². The molecule has 1 aromatic heterocycles. The van der Waals surface area contributed by atoms with Gasteiger partial charge in [0.25, 0.3) is 5.91 Å². The Kier molecular flexibility index (Phi) is 4.16. The van der Waals surface area contributed by atoms with Gasteiger partial charge < -0.3 is 14.6 Å². The van der Waals surface area contributed by atoms with Crippen LogP contribution in [0.1, 0.15) is 27.2 Å². The van der Waals surface area contributed by atoms with Gasteiger partial charge in [0, 0.05) is 17.7 Å². The Morgan fingerprint density at radius 2 is 2.04 bits per heavy atom. The summed E-state index contributed by atoms with van der Waals surface area (Å²) in [7, 11) is 0. The molecule has 1 N–H and O–H groups in total. The highest BCUT2D eigenvalue weighted by molar-refractivity contribution is 5.96. The second-order valence-electron chi connectivity index (χ2n) is 6.19. The molecule has 0 aliphatic carbocycles. The number of fused-ring (bicyclic) bond motifs is 1. The van der Waals surface area contributed by atoms with Crippen LogP contribution in [0.3, 0.4) is 0 Å². The lowest BCUT2D eigenvalue weighted by atomic mass is 10.0. The molecule has 26 heavy (non-hydrogen) atoms. The van der Waals surface area contributed by atoms with Gasteiger partial charge in [-0.15, -0.1) is 0 Å². The average Bonchev–Trinajstić information content (AvgIpc) is 3.01. The van der Waals surface area contributed by atoms with Gasteiger partial charge in [-0.2, -0.15) is 0 Å². The molecule has 6 heteroatoms. The lowest BCUT2D eigenvalue weighted by molar-refractivity contribution is 0.0946. The Bertz CT molecular complexity index is 964. The fourth-order valence-corrected chi connectivity index (χ4v) is 3.05. The quantitative estimate of drug-likeness (QED) is 0.778. The van der Waals surface area contributed by atoms with E-state index in [1.807, 2.05) is 13.0 Å². The van der Waals surface area contributed by atoms with E-state index in [0.29, 0.717) is 29.3 Å². The van der Waals surface area contributed by atoms with Crippen molar-refractivity contribution in [3.8, 4) is 17.0 Å². The molecule has 0 spiro atoms. The fraction of sp³-hybridized carbons (Fsp3) is 0.200. The van der Waals surface area contributed by atoms with Crippen LogP contribution in [0.4, 0.5) is 4.39 Å².